The fourth-order valence-corrected chi connectivity index (χ4v) is 5.32. The Morgan fingerprint density at radius 1 is 0.925 bits per heavy atom. The molecular weight excluding hydrogens is 607 g/mol. The zero-order valence-electron chi connectivity index (χ0n) is 25.6. The molecule has 3 aromatic rings. The van der Waals surface area contributed by atoms with Crippen molar-refractivity contribution in [3.05, 3.63) is 101 Å². The molecule has 1 aliphatic rings. The molecule has 0 unspecified atom stereocenters. The van der Waals surface area contributed by atoms with Crippen molar-refractivity contribution in [2.24, 2.45) is 0 Å². The predicted molar refractivity (Wildman–Crippen MR) is 168 cm³/mol. The summed E-state index contributed by atoms with van der Waals surface area (Å²) in [6.07, 6.45) is 14.2. The summed E-state index contributed by atoms with van der Waals surface area (Å²) in [5, 5.41) is 0. The molecule has 4 rings (SSSR count). The number of fused-ring (bicyclic) bond motifs is 3. The summed E-state index contributed by atoms with van der Waals surface area (Å²) in [4.78, 5) is 0. The van der Waals surface area contributed by atoms with E-state index in [1.54, 1.807) is 27.4 Å². The van der Waals surface area contributed by atoms with Crippen molar-refractivity contribution >= 4 is 15.4 Å². The first-order valence-corrected chi connectivity index (χ1v) is 15.6. The predicted octanol–water partition coefficient (Wildman–Crippen LogP) is 4.70. The van der Waals surface area contributed by atoms with E-state index < -0.39 is 0 Å². The maximum absolute atomic E-state index is 3.82. The van der Waals surface area contributed by atoms with Crippen molar-refractivity contribution in [1.29, 1.82) is 0 Å². The molecule has 0 saturated heterocycles. The second kappa shape index (κ2) is 19.7. The number of benzene rings is 2. The van der Waals surface area contributed by atoms with Crippen LogP contribution in [0.4, 0.5) is 0 Å². The van der Waals surface area contributed by atoms with Crippen LogP contribution in [-0.4, -0.2) is 3.21 Å². The fraction of sp³-hybridized carbons (Fsp3) is 0.405. The number of rotatable bonds is 9. The van der Waals surface area contributed by atoms with Gasteiger partial charge in [0.25, 0.3) is 0 Å². The maximum Gasteiger partial charge on any atom is -0.0543 e. The summed E-state index contributed by atoms with van der Waals surface area (Å²) in [6.45, 7) is 21.1. The van der Waals surface area contributed by atoms with Crippen LogP contribution in [0.2, 0.25) is 0 Å². The van der Waals surface area contributed by atoms with E-state index in [1.807, 2.05) is 18.2 Å². The third-order valence-electron chi connectivity index (χ3n) is 7.07. The van der Waals surface area contributed by atoms with Crippen molar-refractivity contribution in [1.82, 2.24) is 0 Å². The minimum atomic E-state index is 0. The van der Waals surface area contributed by atoms with Gasteiger partial charge in [0.05, 0.1) is 0 Å². The molecule has 0 spiro atoms. The average molecular weight is 655 g/mol. The first kappa shape index (κ1) is 38.6. The van der Waals surface area contributed by atoms with Gasteiger partial charge in [-0.25, -0.2) is 6.07 Å². The molecule has 0 N–H and O–H groups in total. The molecule has 0 aliphatic heterocycles. The second-order valence-corrected chi connectivity index (χ2v) is 13.0. The van der Waals surface area contributed by atoms with Crippen LogP contribution in [0.3, 0.4) is 0 Å². The number of unbranched alkanes of at least 4 members (excludes halogenated alkanes) is 2. The van der Waals surface area contributed by atoms with Gasteiger partial charge in [0.2, 0.25) is 0 Å². The molecule has 3 heteroatoms. The van der Waals surface area contributed by atoms with E-state index in [0.717, 1.165) is 18.4 Å². The van der Waals surface area contributed by atoms with E-state index in [1.165, 1.54) is 77.5 Å². The van der Waals surface area contributed by atoms with E-state index in [-0.39, 0.29) is 24.8 Å². The van der Waals surface area contributed by atoms with Gasteiger partial charge < -0.3 is 24.8 Å². The van der Waals surface area contributed by atoms with E-state index >= 15 is 0 Å². The van der Waals surface area contributed by atoms with Crippen LogP contribution < -0.4 is 24.8 Å². The molecule has 0 nitrogen and oxygen atoms in total. The van der Waals surface area contributed by atoms with Gasteiger partial charge in [-0.05, 0) is 12.0 Å². The second-order valence-electron chi connectivity index (χ2n) is 11.2. The normalized spacial score (nSPS) is 10.8. The average Bonchev–Trinajstić information content (AvgIpc) is 3.55. The van der Waals surface area contributed by atoms with Crippen molar-refractivity contribution in [3.8, 4) is 11.1 Å². The number of halogens is 2. The topological polar surface area (TPSA) is 0 Å². The van der Waals surface area contributed by atoms with Gasteiger partial charge in [-0.2, -0.15) is 47.0 Å². The maximum atomic E-state index is 3.82. The first-order chi connectivity index (χ1) is 18.2. The molecule has 0 heterocycles. The van der Waals surface area contributed by atoms with Gasteiger partial charge in [-0.1, -0.05) is 81.5 Å². The molecule has 0 fully saturated rings. The summed E-state index contributed by atoms with van der Waals surface area (Å²) in [6, 6.07) is 20.8. The Labute approximate surface area is 273 Å². The van der Waals surface area contributed by atoms with Gasteiger partial charge in [0, 0.05) is 0 Å². The molecule has 0 amide bonds. The summed E-state index contributed by atoms with van der Waals surface area (Å²) in [7, 11) is 0. The van der Waals surface area contributed by atoms with Crippen molar-refractivity contribution in [2.45, 2.75) is 98.3 Å². The van der Waals surface area contributed by atoms with E-state index in [9.17, 15) is 0 Å². The van der Waals surface area contributed by atoms with Gasteiger partial charge >= 0.3 is 79.8 Å². The molecule has 3 aromatic carbocycles. The molecule has 1 aliphatic carbocycles. The Morgan fingerprint density at radius 2 is 1.52 bits per heavy atom. The van der Waals surface area contributed by atoms with Crippen molar-refractivity contribution < 1.29 is 49.0 Å². The fourth-order valence-electron chi connectivity index (χ4n) is 4.45. The Morgan fingerprint density at radius 3 is 2.00 bits per heavy atom. The third kappa shape index (κ3) is 12.2. The van der Waals surface area contributed by atoms with E-state index in [2.05, 4.69) is 103 Å². The van der Waals surface area contributed by atoms with E-state index in [4.69, 9.17) is 0 Å². The number of aryl methyl sites for hydroxylation is 1. The zero-order chi connectivity index (χ0) is 28.1. The monoisotopic (exact) mass is 652 g/mol. The molecule has 0 radical (unpaired) electrons. The zero-order valence-corrected chi connectivity index (χ0v) is 29.6. The largest absolute Gasteiger partial charge is 1.00 e. The Hall–Kier alpha value is -1.40. The number of hydrogen-bond acceptors (Lipinski definition) is 0. The summed E-state index contributed by atoms with van der Waals surface area (Å²) in [5.41, 5.74) is 10.8. The molecule has 0 atom stereocenters. The Bertz CT molecular complexity index is 1130. The van der Waals surface area contributed by atoms with Gasteiger partial charge in [0.1, 0.15) is 0 Å². The van der Waals surface area contributed by atoms with Crippen LogP contribution >= 0.6 is 0 Å². The van der Waals surface area contributed by atoms with Crippen molar-refractivity contribution in [2.75, 3.05) is 0 Å². The summed E-state index contributed by atoms with van der Waals surface area (Å²) in [5.74, 6) is 0. The van der Waals surface area contributed by atoms with Crippen LogP contribution in [0.1, 0.15) is 113 Å². The molecule has 0 aromatic heterocycles. The molecule has 216 valence electrons. The first-order valence-electron chi connectivity index (χ1n) is 14.4. The van der Waals surface area contributed by atoms with Gasteiger partial charge in [-0.15, -0.1) is 23.8 Å². The van der Waals surface area contributed by atoms with Crippen LogP contribution in [0.15, 0.2) is 61.7 Å². The number of hydrogen-bond donors (Lipinski definition) is 0. The summed E-state index contributed by atoms with van der Waals surface area (Å²) >= 11 is 1.67. The SMILES string of the molecule is C=Cc1c[c-]c2c(c1)-c1cc(C=C)ccc1C2.CCCC[C](=[Zr+2])CCCC.CCc1cc(C(C)(C)C)c[cH-]1.[Cl-].[Cl-]. The smallest absolute Gasteiger partial charge is 0.0543 e. The van der Waals surface area contributed by atoms with Gasteiger partial charge in [0.15, 0.2) is 0 Å². The van der Waals surface area contributed by atoms with Gasteiger partial charge in [-0.3, -0.25) is 0 Å². The van der Waals surface area contributed by atoms with Crippen molar-refractivity contribution in [3.63, 3.8) is 0 Å². The molecule has 0 bridgehead atoms. The minimum absolute atomic E-state index is 0. The van der Waals surface area contributed by atoms with E-state index in [0.29, 0.717) is 5.41 Å². The Kier molecular flexibility index (Phi) is 19.0. The molecule has 40 heavy (non-hydrogen) atoms. The molecular formula is C37H48Cl2Zr-2. The van der Waals surface area contributed by atoms with Crippen LogP contribution in [0.5, 0.6) is 0 Å². The standard InChI is InChI=1S/C17H13.C11H17.C9H18.2ClH.Zr/c1-3-12-5-7-14-11-15-8-6-13(4-2)10-17(15)16(14)9-12;1-5-9-6-7-10(8-9)11(2,3)4;1-3-5-7-9-8-6-4-2;;;/h3-7,9-10H,1-2,11H2;6-8H,5H2,1-4H3;3-8H2,1-2H3;2*1H;/q2*-1;;;;+2/p-2. The van der Waals surface area contributed by atoms with Crippen LogP contribution in [0.25, 0.3) is 23.3 Å². The Balaban J connectivity index is 0.000000587. The quantitative estimate of drug-likeness (QED) is 0.230. The third-order valence-corrected chi connectivity index (χ3v) is 8.30. The molecule has 0 saturated carbocycles. The summed E-state index contributed by atoms with van der Waals surface area (Å²) < 4.78 is 1.79. The van der Waals surface area contributed by atoms with Crippen LogP contribution in [0, 0.1) is 6.07 Å². The van der Waals surface area contributed by atoms with Crippen LogP contribution in [-0.2, 0) is 42.5 Å². The minimum Gasteiger partial charge on any atom is -1.00 e.